The third-order valence-corrected chi connectivity index (χ3v) is 7.51. The van der Waals surface area contributed by atoms with Gasteiger partial charge in [-0.25, -0.2) is 0 Å². The average Bonchev–Trinajstić information content (AvgIpc) is 3.33. The number of rotatable bonds is 1. The van der Waals surface area contributed by atoms with E-state index in [1.165, 1.54) is 10.9 Å². The van der Waals surface area contributed by atoms with Crippen LogP contribution in [0.4, 0.5) is 11.4 Å². The van der Waals surface area contributed by atoms with Gasteiger partial charge in [0.25, 0.3) is 5.91 Å². The van der Waals surface area contributed by atoms with Crippen LogP contribution in [0.1, 0.15) is 16.7 Å². The Balaban J connectivity index is 1.61. The molecule has 4 heteroatoms. The van der Waals surface area contributed by atoms with Gasteiger partial charge in [-0.15, -0.1) is 0 Å². The van der Waals surface area contributed by atoms with Crippen LogP contribution in [-0.2, 0) is 10.3 Å². The van der Waals surface area contributed by atoms with Gasteiger partial charge in [0, 0.05) is 51.8 Å². The summed E-state index contributed by atoms with van der Waals surface area (Å²) >= 11 is 0. The Kier molecular flexibility index (Phi) is 3.73. The minimum absolute atomic E-state index is 0.0374. The van der Waals surface area contributed by atoms with Crippen molar-refractivity contribution in [1.29, 1.82) is 0 Å². The van der Waals surface area contributed by atoms with Gasteiger partial charge in [0.1, 0.15) is 0 Å². The highest BCUT2D eigenvalue weighted by Crippen LogP contribution is 2.54. The zero-order valence-corrected chi connectivity index (χ0v) is 19.0. The molecular weight excluding hydrogens is 418 g/mol. The molecule has 0 radical (unpaired) electrons. The second-order valence-electron chi connectivity index (χ2n) is 9.20. The summed E-state index contributed by atoms with van der Waals surface area (Å²) in [4.78, 5) is 19.5. The number of amides is 1. The number of H-pyrrole nitrogens is 1. The van der Waals surface area contributed by atoms with Gasteiger partial charge in [-0.05, 0) is 30.2 Å². The number of nitrogens with zero attached hydrogens (tertiary/aromatic N) is 1. The van der Waals surface area contributed by atoms with Crippen LogP contribution < -0.4 is 10.2 Å². The van der Waals surface area contributed by atoms with E-state index in [9.17, 15) is 4.79 Å². The maximum absolute atomic E-state index is 14.0. The first kappa shape index (κ1) is 19.2. The quantitative estimate of drug-likeness (QED) is 0.314. The number of carbonyl (C=O) groups is 1. The summed E-state index contributed by atoms with van der Waals surface area (Å²) in [6.45, 7) is 2.17. The smallest absolute Gasteiger partial charge is 0.261 e. The van der Waals surface area contributed by atoms with Gasteiger partial charge in [-0.3, -0.25) is 4.79 Å². The molecule has 0 saturated carbocycles. The number of aromatic nitrogens is 1. The number of aryl methyl sites for hydroxylation is 1. The Morgan fingerprint density at radius 3 is 2.38 bits per heavy atom. The SMILES string of the molecule is Cc1c(-c2ccccc2)[nH]c2c3c(ccc12)C1(Nc2ccccc2-3)C(=O)N(C)c2ccccc21. The predicted molar refractivity (Wildman–Crippen MR) is 138 cm³/mol. The highest BCUT2D eigenvalue weighted by atomic mass is 16.2. The number of benzene rings is 4. The Morgan fingerprint density at radius 1 is 0.794 bits per heavy atom. The fourth-order valence-electron chi connectivity index (χ4n) is 5.90. The number of fused-ring (bicyclic) bond motifs is 8. The van der Waals surface area contributed by atoms with E-state index in [4.69, 9.17) is 0 Å². The van der Waals surface area contributed by atoms with Crippen molar-refractivity contribution < 1.29 is 4.79 Å². The lowest BCUT2D eigenvalue weighted by Crippen LogP contribution is -2.47. The average molecular weight is 442 g/mol. The van der Waals surface area contributed by atoms with Crippen molar-refractivity contribution in [3.8, 4) is 22.4 Å². The Bertz CT molecular complexity index is 1630. The second kappa shape index (κ2) is 6.61. The van der Waals surface area contributed by atoms with E-state index in [0.717, 1.165) is 50.4 Å². The van der Waals surface area contributed by atoms with Crippen molar-refractivity contribution in [2.75, 3.05) is 17.3 Å². The molecule has 4 nitrogen and oxygen atoms in total. The van der Waals surface area contributed by atoms with Crippen molar-refractivity contribution in [3.63, 3.8) is 0 Å². The van der Waals surface area contributed by atoms with Crippen LogP contribution in [0.5, 0.6) is 0 Å². The van der Waals surface area contributed by atoms with Gasteiger partial charge in [0.05, 0.1) is 5.52 Å². The number of para-hydroxylation sites is 2. The number of carbonyl (C=O) groups excluding carboxylic acids is 1. The van der Waals surface area contributed by atoms with E-state index < -0.39 is 5.54 Å². The second-order valence-corrected chi connectivity index (χ2v) is 9.20. The molecule has 3 heterocycles. The molecule has 1 unspecified atom stereocenters. The third kappa shape index (κ3) is 2.25. The van der Waals surface area contributed by atoms with Gasteiger partial charge in [-0.2, -0.15) is 0 Å². The van der Waals surface area contributed by atoms with Crippen molar-refractivity contribution in [3.05, 3.63) is 108 Å². The molecule has 1 aromatic heterocycles. The van der Waals surface area contributed by atoms with Gasteiger partial charge in [-0.1, -0.05) is 78.9 Å². The van der Waals surface area contributed by atoms with Crippen molar-refractivity contribution in [2.45, 2.75) is 12.5 Å². The van der Waals surface area contributed by atoms with Crippen LogP contribution in [0.25, 0.3) is 33.3 Å². The minimum Gasteiger partial charge on any atom is -0.363 e. The van der Waals surface area contributed by atoms with Gasteiger partial charge in [0.2, 0.25) is 0 Å². The molecule has 34 heavy (non-hydrogen) atoms. The summed E-state index contributed by atoms with van der Waals surface area (Å²) < 4.78 is 0. The number of hydrogen-bond acceptors (Lipinski definition) is 2. The molecule has 2 aliphatic rings. The van der Waals surface area contributed by atoms with Crippen molar-refractivity contribution in [1.82, 2.24) is 4.98 Å². The standard InChI is InChI=1S/C30H23N3O/c1-18-20-16-17-23-26(28(20)31-27(18)19-10-4-3-5-11-19)21-12-6-8-14-24(21)32-30(23)22-13-7-9-15-25(22)33(2)29(30)34/h3-17,31-32H,1-2H3. The molecule has 0 saturated heterocycles. The number of hydrogen-bond donors (Lipinski definition) is 2. The summed E-state index contributed by atoms with van der Waals surface area (Å²) in [6.07, 6.45) is 0. The van der Waals surface area contributed by atoms with E-state index in [2.05, 4.69) is 77.9 Å². The summed E-state index contributed by atoms with van der Waals surface area (Å²) in [7, 11) is 1.86. The molecule has 0 fully saturated rings. The monoisotopic (exact) mass is 441 g/mol. The Labute approximate surface area is 197 Å². The van der Waals surface area contributed by atoms with Crippen molar-refractivity contribution >= 4 is 28.2 Å². The first-order valence-electron chi connectivity index (χ1n) is 11.6. The largest absolute Gasteiger partial charge is 0.363 e. The molecule has 1 atom stereocenters. The van der Waals surface area contributed by atoms with Gasteiger partial charge >= 0.3 is 0 Å². The topological polar surface area (TPSA) is 48.1 Å². The Hall–Kier alpha value is -4.31. The Morgan fingerprint density at radius 2 is 1.53 bits per heavy atom. The van der Waals surface area contributed by atoms with Crippen LogP contribution in [0.3, 0.4) is 0 Å². The number of aromatic amines is 1. The van der Waals surface area contributed by atoms with E-state index >= 15 is 0 Å². The van der Waals surface area contributed by atoms with Gasteiger partial charge in [0.15, 0.2) is 5.54 Å². The predicted octanol–water partition coefficient (Wildman–Crippen LogP) is 6.46. The van der Waals surface area contributed by atoms with Crippen LogP contribution >= 0.6 is 0 Å². The first-order chi connectivity index (χ1) is 16.6. The first-order valence-corrected chi connectivity index (χ1v) is 11.6. The van der Waals surface area contributed by atoms with Crippen LogP contribution in [-0.4, -0.2) is 17.9 Å². The summed E-state index contributed by atoms with van der Waals surface area (Å²) in [5, 5.41) is 4.85. The highest BCUT2D eigenvalue weighted by Gasteiger charge is 2.54. The molecule has 2 N–H and O–H groups in total. The molecule has 1 spiro atoms. The zero-order valence-electron chi connectivity index (χ0n) is 19.0. The van der Waals surface area contributed by atoms with E-state index in [0.29, 0.717) is 0 Å². The fourth-order valence-corrected chi connectivity index (χ4v) is 5.90. The molecule has 1 amide bonds. The van der Waals surface area contributed by atoms with Crippen LogP contribution in [0.2, 0.25) is 0 Å². The molecular formula is C30H23N3O. The number of nitrogens with one attached hydrogen (secondary N) is 2. The fraction of sp³-hybridized carbons (Fsp3) is 0.100. The summed E-state index contributed by atoms with van der Waals surface area (Å²) in [5.41, 5.74) is 9.68. The minimum atomic E-state index is -0.963. The molecule has 0 aliphatic carbocycles. The summed E-state index contributed by atoms with van der Waals surface area (Å²) in [6, 6.07) is 31.1. The molecule has 0 bridgehead atoms. The number of likely N-dealkylation sites (N-methyl/N-ethyl adjacent to an activating group) is 1. The molecule has 5 aromatic rings. The normalized spacial score (nSPS) is 18.1. The van der Waals surface area contributed by atoms with E-state index in [1.807, 2.05) is 37.4 Å². The van der Waals surface area contributed by atoms with Crippen LogP contribution in [0, 0.1) is 6.92 Å². The lowest BCUT2D eigenvalue weighted by atomic mass is 9.75. The maximum Gasteiger partial charge on any atom is 0.261 e. The molecule has 4 aromatic carbocycles. The molecule has 164 valence electrons. The van der Waals surface area contributed by atoms with Crippen LogP contribution in [0.15, 0.2) is 91.0 Å². The lowest BCUT2D eigenvalue weighted by molar-refractivity contribution is -0.120. The van der Waals surface area contributed by atoms with E-state index in [1.54, 1.807) is 4.90 Å². The number of anilines is 2. The molecule has 7 rings (SSSR count). The maximum atomic E-state index is 14.0. The summed E-state index contributed by atoms with van der Waals surface area (Å²) in [5.74, 6) is 0.0374. The zero-order chi connectivity index (χ0) is 23.0. The van der Waals surface area contributed by atoms with E-state index in [-0.39, 0.29) is 5.91 Å². The lowest BCUT2D eigenvalue weighted by Gasteiger charge is -2.38. The molecule has 2 aliphatic heterocycles. The van der Waals surface area contributed by atoms with Gasteiger partial charge < -0.3 is 15.2 Å². The third-order valence-electron chi connectivity index (χ3n) is 7.51. The highest BCUT2D eigenvalue weighted by molar-refractivity contribution is 6.17. The van der Waals surface area contributed by atoms with Crippen molar-refractivity contribution in [2.24, 2.45) is 0 Å².